The molecule has 0 aliphatic carbocycles. The van der Waals surface area contributed by atoms with Gasteiger partial charge in [-0.2, -0.15) is 0 Å². The van der Waals surface area contributed by atoms with Gasteiger partial charge in [-0.3, -0.25) is 14.4 Å². The Bertz CT molecular complexity index is 700. The summed E-state index contributed by atoms with van der Waals surface area (Å²) in [5.41, 5.74) is -3.24. The van der Waals surface area contributed by atoms with Crippen molar-refractivity contribution in [3.05, 3.63) is 48.6 Å². The fourth-order valence-electron chi connectivity index (χ4n) is 2.48. The molecule has 180 valence electrons. The molecular weight excluding hydrogens is 412 g/mol. The number of hydrogen-bond donors (Lipinski definition) is 2. The van der Waals surface area contributed by atoms with E-state index in [1.165, 1.54) is 0 Å². The van der Waals surface area contributed by atoms with Gasteiger partial charge in [-0.1, -0.05) is 48.6 Å². The molecule has 0 aromatic heterocycles. The Labute approximate surface area is 191 Å². The Morgan fingerprint density at radius 2 is 1.19 bits per heavy atom. The summed E-state index contributed by atoms with van der Waals surface area (Å²) in [6.45, 7) is 10.3. The van der Waals surface area contributed by atoms with Crippen LogP contribution in [0.2, 0.25) is 0 Å². The second-order valence-electron chi connectivity index (χ2n) is 9.32. The van der Waals surface area contributed by atoms with Crippen molar-refractivity contribution in [2.45, 2.75) is 78.4 Å². The van der Waals surface area contributed by atoms with E-state index in [1.54, 1.807) is 90.2 Å². The topological polar surface area (TPSA) is 110 Å². The van der Waals surface area contributed by atoms with Gasteiger partial charge < -0.3 is 19.7 Å². The molecule has 0 bridgehead atoms. The minimum atomic E-state index is -1.62. The quantitative estimate of drug-likeness (QED) is 0.195. The maximum absolute atomic E-state index is 13.2. The summed E-state index contributed by atoms with van der Waals surface area (Å²) in [6, 6.07) is 0. The zero-order valence-corrected chi connectivity index (χ0v) is 20.1. The van der Waals surface area contributed by atoms with E-state index in [9.17, 15) is 14.4 Å². The number of aliphatic carboxylic acids is 1. The van der Waals surface area contributed by atoms with Crippen molar-refractivity contribution in [2.24, 2.45) is 5.41 Å². The van der Waals surface area contributed by atoms with E-state index in [-0.39, 0.29) is 32.3 Å². The Kier molecular flexibility index (Phi) is 12.5. The lowest BCUT2D eigenvalue weighted by Crippen LogP contribution is -2.46. The lowest BCUT2D eigenvalue weighted by Gasteiger charge is -2.33. The SMILES string of the molecule is CC(C)(C)OC(=O)C(C/C=C/C=C/C=C\CO)(C/C=C/CCC(=O)O)C(=O)OC(C)(C)C. The monoisotopic (exact) mass is 450 g/mol. The average Bonchev–Trinajstić information content (AvgIpc) is 2.62. The van der Waals surface area contributed by atoms with Gasteiger partial charge in [0.05, 0.1) is 6.61 Å². The second kappa shape index (κ2) is 13.7. The van der Waals surface area contributed by atoms with Crippen molar-refractivity contribution in [3.8, 4) is 0 Å². The van der Waals surface area contributed by atoms with Crippen LogP contribution in [-0.4, -0.2) is 45.9 Å². The lowest BCUT2D eigenvalue weighted by molar-refractivity contribution is -0.185. The van der Waals surface area contributed by atoms with E-state index in [0.29, 0.717) is 0 Å². The molecule has 0 saturated carbocycles. The highest BCUT2D eigenvalue weighted by Crippen LogP contribution is 2.35. The zero-order valence-electron chi connectivity index (χ0n) is 20.1. The smallest absolute Gasteiger partial charge is 0.324 e. The number of hydrogen-bond acceptors (Lipinski definition) is 6. The van der Waals surface area contributed by atoms with Crippen molar-refractivity contribution in [1.82, 2.24) is 0 Å². The number of esters is 2. The molecule has 0 amide bonds. The van der Waals surface area contributed by atoms with Crippen LogP contribution in [0.15, 0.2) is 48.6 Å². The van der Waals surface area contributed by atoms with Gasteiger partial charge in [0.15, 0.2) is 5.41 Å². The van der Waals surface area contributed by atoms with Crippen LogP contribution >= 0.6 is 0 Å². The highest BCUT2D eigenvalue weighted by atomic mass is 16.6. The molecule has 0 rings (SSSR count). The fraction of sp³-hybridized carbons (Fsp3) is 0.560. The molecule has 0 aromatic carbocycles. The standard InChI is InChI=1S/C25H38O7/c1-23(2,3)31-21(29)25(22(30)32-24(4,5)6,18-14-11-12-16-20(27)28)17-13-9-7-8-10-15-19-26/h7-11,13-15,26H,12,16-19H2,1-6H3,(H,27,28)/b8-7+,13-9+,14-11+,15-10-. The number of ether oxygens (including phenoxy) is 2. The van der Waals surface area contributed by atoms with Crippen molar-refractivity contribution in [2.75, 3.05) is 6.61 Å². The van der Waals surface area contributed by atoms with Crippen LogP contribution < -0.4 is 0 Å². The molecule has 0 radical (unpaired) electrons. The first-order chi connectivity index (χ1) is 14.7. The van der Waals surface area contributed by atoms with Gasteiger partial charge in [0.2, 0.25) is 0 Å². The van der Waals surface area contributed by atoms with E-state index in [0.717, 1.165) is 0 Å². The van der Waals surface area contributed by atoms with Crippen molar-refractivity contribution in [3.63, 3.8) is 0 Å². The van der Waals surface area contributed by atoms with Crippen LogP contribution in [-0.2, 0) is 23.9 Å². The van der Waals surface area contributed by atoms with Crippen LogP contribution in [0.5, 0.6) is 0 Å². The first-order valence-corrected chi connectivity index (χ1v) is 10.7. The van der Waals surface area contributed by atoms with Crippen LogP contribution in [0.3, 0.4) is 0 Å². The maximum atomic E-state index is 13.2. The van der Waals surface area contributed by atoms with Gasteiger partial charge in [-0.15, -0.1) is 0 Å². The maximum Gasteiger partial charge on any atom is 0.324 e. The van der Waals surface area contributed by atoms with Gasteiger partial charge in [-0.25, -0.2) is 0 Å². The summed E-state index contributed by atoms with van der Waals surface area (Å²) >= 11 is 0. The molecule has 7 heteroatoms. The molecule has 0 unspecified atom stereocenters. The predicted molar refractivity (Wildman–Crippen MR) is 124 cm³/mol. The average molecular weight is 451 g/mol. The van der Waals surface area contributed by atoms with Crippen LogP contribution in [0, 0.1) is 5.41 Å². The lowest BCUT2D eigenvalue weighted by atomic mass is 9.80. The van der Waals surface area contributed by atoms with Crippen LogP contribution in [0.25, 0.3) is 0 Å². The summed E-state index contributed by atoms with van der Waals surface area (Å²) in [6.07, 6.45) is 13.6. The van der Waals surface area contributed by atoms with E-state index >= 15 is 0 Å². The van der Waals surface area contributed by atoms with Crippen molar-refractivity contribution >= 4 is 17.9 Å². The largest absolute Gasteiger partial charge is 0.481 e. The number of rotatable bonds is 12. The summed E-state index contributed by atoms with van der Waals surface area (Å²) in [5, 5.41) is 17.6. The van der Waals surface area contributed by atoms with E-state index < -0.39 is 34.5 Å². The van der Waals surface area contributed by atoms with Gasteiger partial charge in [0, 0.05) is 6.42 Å². The number of carboxylic acids is 1. The van der Waals surface area contributed by atoms with Gasteiger partial charge in [0.25, 0.3) is 0 Å². The fourth-order valence-corrected chi connectivity index (χ4v) is 2.48. The Morgan fingerprint density at radius 3 is 1.62 bits per heavy atom. The number of aliphatic hydroxyl groups excluding tert-OH is 1. The second-order valence-corrected chi connectivity index (χ2v) is 9.32. The molecule has 7 nitrogen and oxygen atoms in total. The molecule has 0 heterocycles. The molecule has 0 aliphatic rings. The third kappa shape index (κ3) is 12.9. The van der Waals surface area contributed by atoms with E-state index in [4.69, 9.17) is 19.7 Å². The van der Waals surface area contributed by atoms with Gasteiger partial charge in [-0.05, 0) is 60.8 Å². The molecule has 0 saturated heterocycles. The molecule has 0 aromatic rings. The van der Waals surface area contributed by atoms with E-state index in [1.807, 2.05) is 0 Å². The summed E-state index contributed by atoms with van der Waals surface area (Å²) in [5.74, 6) is -2.32. The minimum absolute atomic E-state index is 0.00884. The number of carbonyl (C=O) groups is 3. The Balaban J connectivity index is 5.99. The van der Waals surface area contributed by atoms with Crippen molar-refractivity contribution < 1.29 is 34.1 Å². The highest BCUT2D eigenvalue weighted by molar-refractivity contribution is 6.00. The van der Waals surface area contributed by atoms with E-state index in [2.05, 4.69) is 0 Å². The number of carboxylic acid groups (broad SMARTS) is 1. The van der Waals surface area contributed by atoms with Crippen LogP contribution in [0.4, 0.5) is 0 Å². The predicted octanol–water partition coefficient (Wildman–Crippen LogP) is 4.52. The third-order valence-electron chi connectivity index (χ3n) is 3.91. The first kappa shape index (κ1) is 29.3. The third-order valence-corrected chi connectivity index (χ3v) is 3.91. The molecule has 0 aliphatic heterocycles. The highest BCUT2D eigenvalue weighted by Gasteiger charge is 2.49. The summed E-state index contributed by atoms with van der Waals surface area (Å²) < 4.78 is 11.2. The Morgan fingerprint density at radius 1 is 0.719 bits per heavy atom. The summed E-state index contributed by atoms with van der Waals surface area (Å²) in [4.78, 5) is 37.2. The van der Waals surface area contributed by atoms with Crippen molar-refractivity contribution in [1.29, 1.82) is 0 Å². The van der Waals surface area contributed by atoms with Crippen LogP contribution in [0.1, 0.15) is 67.2 Å². The van der Waals surface area contributed by atoms with Gasteiger partial charge >= 0.3 is 17.9 Å². The summed E-state index contributed by atoms with van der Waals surface area (Å²) in [7, 11) is 0. The normalized spacial score (nSPS) is 13.5. The molecule has 0 atom stereocenters. The number of aliphatic hydroxyl groups is 1. The number of carbonyl (C=O) groups excluding carboxylic acids is 2. The molecule has 0 spiro atoms. The van der Waals surface area contributed by atoms with Gasteiger partial charge in [0.1, 0.15) is 11.2 Å². The number of allylic oxidation sites excluding steroid dienone is 7. The molecular formula is C25H38O7. The zero-order chi connectivity index (χ0) is 24.8. The molecule has 32 heavy (non-hydrogen) atoms. The first-order valence-electron chi connectivity index (χ1n) is 10.7. The molecule has 2 N–H and O–H groups in total. The molecule has 0 fully saturated rings. The minimum Gasteiger partial charge on any atom is -0.481 e. The Hall–Kier alpha value is -2.67.